The maximum absolute atomic E-state index is 12.3. The highest BCUT2D eigenvalue weighted by Gasteiger charge is 2.25. The van der Waals surface area contributed by atoms with Gasteiger partial charge in [0.05, 0.1) is 17.1 Å². The molecule has 1 rings (SSSR count). The molecule has 1 aromatic rings. The van der Waals surface area contributed by atoms with E-state index in [0.29, 0.717) is 25.8 Å². The van der Waals surface area contributed by atoms with E-state index < -0.39 is 10.9 Å². The second-order valence-electron chi connectivity index (χ2n) is 4.98. The second kappa shape index (κ2) is 8.87. The molecule has 0 bridgehead atoms. The molecule has 7 nitrogen and oxygen atoms in total. The predicted molar refractivity (Wildman–Crippen MR) is 86.6 cm³/mol. The Morgan fingerprint density at radius 2 is 1.91 bits per heavy atom. The lowest BCUT2D eigenvalue weighted by molar-refractivity contribution is -0.384. The Bertz CT molecular complexity index is 586. The number of nitrogens with zero attached hydrogens (tertiary/aromatic N) is 2. The van der Waals surface area contributed by atoms with Crippen LogP contribution < -0.4 is 4.90 Å². The van der Waals surface area contributed by atoms with Crippen LogP contribution in [0.15, 0.2) is 18.2 Å². The minimum Gasteiger partial charge on any atom is -0.462 e. The van der Waals surface area contributed by atoms with Crippen LogP contribution in [0.3, 0.4) is 0 Å². The normalized spacial score (nSPS) is 10.2. The van der Waals surface area contributed by atoms with Gasteiger partial charge in [0.25, 0.3) is 5.69 Å². The molecule has 126 valence electrons. The van der Waals surface area contributed by atoms with E-state index in [9.17, 15) is 19.7 Å². The number of hydrogen-bond acceptors (Lipinski definition) is 5. The Hall–Kier alpha value is -2.44. The van der Waals surface area contributed by atoms with Crippen molar-refractivity contribution in [2.45, 2.75) is 40.0 Å². The van der Waals surface area contributed by atoms with Gasteiger partial charge < -0.3 is 9.64 Å². The molecule has 0 spiro atoms. The van der Waals surface area contributed by atoms with Crippen molar-refractivity contribution in [1.29, 1.82) is 0 Å². The van der Waals surface area contributed by atoms with Crippen molar-refractivity contribution < 1.29 is 19.2 Å². The first-order valence-electron chi connectivity index (χ1n) is 7.72. The molecule has 0 unspecified atom stereocenters. The van der Waals surface area contributed by atoms with E-state index in [1.165, 1.54) is 23.1 Å². The highest BCUT2D eigenvalue weighted by atomic mass is 16.6. The first-order chi connectivity index (χ1) is 11.0. The van der Waals surface area contributed by atoms with Crippen LogP contribution in [0.4, 0.5) is 11.4 Å². The van der Waals surface area contributed by atoms with Crippen molar-refractivity contribution in [2.24, 2.45) is 0 Å². The number of anilines is 1. The topological polar surface area (TPSA) is 89.8 Å². The quantitative estimate of drug-likeness (QED) is 0.416. The summed E-state index contributed by atoms with van der Waals surface area (Å²) in [5.41, 5.74) is 0.134. The number of esters is 1. The highest BCUT2D eigenvalue weighted by molar-refractivity contribution is 5.98. The highest BCUT2D eigenvalue weighted by Crippen LogP contribution is 2.30. The lowest BCUT2D eigenvalue weighted by Crippen LogP contribution is -2.32. The van der Waals surface area contributed by atoms with Crippen LogP contribution in [-0.2, 0) is 9.53 Å². The summed E-state index contributed by atoms with van der Waals surface area (Å²) in [6.07, 6.45) is 1.58. The van der Waals surface area contributed by atoms with Crippen LogP contribution in [0.1, 0.15) is 50.4 Å². The predicted octanol–water partition coefficient (Wildman–Crippen LogP) is 3.31. The lowest BCUT2D eigenvalue weighted by atomic mass is 10.1. The number of amides is 1. The van der Waals surface area contributed by atoms with E-state index >= 15 is 0 Å². The molecule has 0 radical (unpaired) electrons. The molecular formula is C16H22N2O5. The van der Waals surface area contributed by atoms with Crippen LogP contribution in [0.5, 0.6) is 0 Å². The second-order valence-corrected chi connectivity index (χ2v) is 4.98. The monoisotopic (exact) mass is 322 g/mol. The molecule has 0 saturated carbocycles. The van der Waals surface area contributed by atoms with Gasteiger partial charge in [-0.05, 0) is 31.9 Å². The van der Waals surface area contributed by atoms with Gasteiger partial charge in [-0.1, -0.05) is 13.8 Å². The van der Waals surface area contributed by atoms with E-state index in [1.807, 2.05) is 13.8 Å². The fourth-order valence-corrected chi connectivity index (χ4v) is 2.19. The molecule has 0 N–H and O–H groups in total. The molecule has 0 saturated heterocycles. The number of rotatable bonds is 8. The zero-order valence-corrected chi connectivity index (χ0v) is 13.7. The van der Waals surface area contributed by atoms with E-state index in [4.69, 9.17) is 4.74 Å². The lowest BCUT2D eigenvalue weighted by Gasteiger charge is -2.22. The molecule has 7 heteroatoms. The number of carbonyl (C=O) groups excluding carboxylic acids is 2. The smallest absolute Gasteiger partial charge is 0.338 e. The Labute approximate surface area is 135 Å². The van der Waals surface area contributed by atoms with Crippen molar-refractivity contribution >= 4 is 23.3 Å². The number of hydrogen-bond donors (Lipinski definition) is 0. The summed E-state index contributed by atoms with van der Waals surface area (Å²) in [6, 6.07) is 3.94. The first-order valence-corrected chi connectivity index (χ1v) is 7.72. The summed E-state index contributed by atoms with van der Waals surface area (Å²) in [4.78, 5) is 36.3. The number of carbonyl (C=O) groups is 2. The van der Waals surface area contributed by atoms with Gasteiger partial charge in [-0.3, -0.25) is 14.9 Å². The molecule has 0 fully saturated rings. The van der Waals surface area contributed by atoms with E-state index in [0.717, 1.165) is 0 Å². The Kier molecular flexibility index (Phi) is 7.18. The van der Waals surface area contributed by atoms with E-state index in [-0.39, 0.29) is 29.5 Å². The maximum atomic E-state index is 12.3. The average Bonchev–Trinajstić information content (AvgIpc) is 2.52. The molecular weight excluding hydrogens is 300 g/mol. The number of nitro groups is 1. The number of benzene rings is 1. The minimum absolute atomic E-state index is 0.140. The molecule has 0 aliphatic heterocycles. The van der Waals surface area contributed by atoms with Crippen LogP contribution in [0, 0.1) is 10.1 Å². The average molecular weight is 322 g/mol. The molecule has 0 aromatic heterocycles. The molecule has 1 aromatic carbocycles. The SMILES string of the molecule is CCCC(=O)N(CCC)c1cc(C(=O)OCC)ccc1[N+](=O)[O-]. The van der Waals surface area contributed by atoms with Crippen molar-refractivity contribution in [3.63, 3.8) is 0 Å². The van der Waals surface area contributed by atoms with Gasteiger partial charge in [-0.2, -0.15) is 0 Å². The molecule has 0 heterocycles. The fraction of sp³-hybridized carbons (Fsp3) is 0.500. The first kappa shape index (κ1) is 18.6. The van der Waals surface area contributed by atoms with Gasteiger partial charge in [-0.15, -0.1) is 0 Å². The molecule has 0 aliphatic rings. The summed E-state index contributed by atoms with van der Waals surface area (Å²) in [5.74, 6) is -0.763. The Morgan fingerprint density at radius 3 is 2.43 bits per heavy atom. The van der Waals surface area contributed by atoms with Crippen molar-refractivity contribution in [3.8, 4) is 0 Å². The zero-order chi connectivity index (χ0) is 17.4. The van der Waals surface area contributed by atoms with E-state index in [1.54, 1.807) is 6.92 Å². The summed E-state index contributed by atoms with van der Waals surface area (Å²) >= 11 is 0. The minimum atomic E-state index is -0.567. The number of nitro benzene ring substituents is 1. The third-order valence-corrected chi connectivity index (χ3v) is 3.19. The van der Waals surface area contributed by atoms with Gasteiger partial charge in [0.15, 0.2) is 0 Å². The Morgan fingerprint density at radius 1 is 1.22 bits per heavy atom. The van der Waals surface area contributed by atoms with Crippen LogP contribution >= 0.6 is 0 Å². The third-order valence-electron chi connectivity index (χ3n) is 3.19. The van der Waals surface area contributed by atoms with Crippen molar-refractivity contribution in [1.82, 2.24) is 0 Å². The summed E-state index contributed by atoms with van der Waals surface area (Å²) < 4.78 is 4.92. The molecule has 0 atom stereocenters. The standard InChI is InChI=1S/C16H22N2O5/c1-4-7-15(19)17(10-5-2)14-11-12(16(20)23-6-3)8-9-13(14)18(21)22/h8-9,11H,4-7,10H2,1-3H3. The van der Waals surface area contributed by atoms with Gasteiger partial charge in [0, 0.05) is 19.0 Å². The fourth-order valence-electron chi connectivity index (χ4n) is 2.19. The van der Waals surface area contributed by atoms with Gasteiger partial charge in [0.1, 0.15) is 5.69 Å². The van der Waals surface area contributed by atoms with Crippen LogP contribution in [-0.4, -0.2) is 30.0 Å². The third kappa shape index (κ3) is 4.77. The maximum Gasteiger partial charge on any atom is 0.338 e. The van der Waals surface area contributed by atoms with Gasteiger partial charge in [-0.25, -0.2) is 4.79 Å². The number of ether oxygens (including phenoxy) is 1. The van der Waals surface area contributed by atoms with E-state index in [2.05, 4.69) is 0 Å². The molecule has 23 heavy (non-hydrogen) atoms. The Balaban J connectivity index is 3.35. The van der Waals surface area contributed by atoms with Gasteiger partial charge >= 0.3 is 5.97 Å². The summed E-state index contributed by atoms with van der Waals surface area (Å²) in [5, 5.41) is 11.3. The van der Waals surface area contributed by atoms with Crippen molar-refractivity contribution in [3.05, 3.63) is 33.9 Å². The summed E-state index contributed by atoms with van der Waals surface area (Å²) in [6.45, 7) is 5.99. The van der Waals surface area contributed by atoms with Gasteiger partial charge in [0.2, 0.25) is 5.91 Å². The zero-order valence-electron chi connectivity index (χ0n) is 13.7. The summed E-state index contributed by atoms with van der Waals surface area (Å²) in [7, 11) is 0. The van der Waals surface area contributed by atoms with Crippen LogP contribution in [0.2, 0.25) is 0 Å². The largest absolute Gasteiger partial charge is 0.462 e. The van der Waals surface area contributed by atoms with Crippen LogP contribution in [0.25, 0.3) is 0 Å². The molecule has 0 aliphatic carbocycles. The van der Waals surface area contributed by atoms with Crippen molar-refractivity contribution in [2.75, 3.05) is 18.1 Å². The molecule has 1 amide bonds.